The number of benzene rings is 1. The molecule has 2 heteroatoms. The Labute approximate surface area is 123 Å². The van der Waals surface area contributed by atoms with E-state index < -0.39 is 0 Å². The van der Waals surface area contributed by atoms with Crippen molar-refractivity contribution < 1.29 is 4.74 Å². The number of nitrogens with one attached hydrogen (secondary N) is 1. The van der Waals surface area contributed by atoms with Crippen LogP contribution in [0.5, 0.6) is 5.75 Å². The summed E-state index contributed by atoms with van der Waals surface area (Å²) < 4.78 is 5.55. The lowest BCUT2D eigenvalue weighted by Crippen LogP contribution is -2.24. The van der Waals surface area contributed by atoms with E-state index in [0.717, 1.165) is 18.2 Å². The van der Waals surface area contributed by atoms with Crippen LogP contribution < -0.4 is 10.1 Å². The lowest BCUT2D eigenvalue weighted by Gasteiger charge is -2.25. The molecule has 2 nitrogen and oxygen atoms in total. The van der Waals surface area contributed by atoms with Gasteiger partial charge in [-0.1, -0.05) is 63.6 Å². The maximum absolute atomic E-state index is 5.55. The van der Waals surface area contributed by atoms with Gasteiger partial charge in [-0.25, -0.2) is 0 Å². The Hall–Kier alpha value is -1.02. The van der Waals surface area contributed by atoms with Crippen LogP contribution in [0.15, 0.2) is 24.3 Å². The summed E-state index contributed by atoms with van der Waals surface area (Å²) in [5.74, 6) is 1.89. The van der Waals surface area contributed by atoms with E-state index in [4.69, 9.17) is 4.74 Å². The van der Waals surface area contributed by atoms with Crippen LogP contribution in [0.4, 0.5) is 0 Å². The van der Waals surface area contributed by atoms with Gasteiger partial charge in [0.1, 0.15) is 5.75 Å². The van der Waals surface area contributed by atoms with Gasteiger partial charge in [0.2, 0.25) is 0 Å². The predicted molar refractivity (Wildman–Crippen MR) is 85.2 cm³/mol. The molecule has 112 valence electrons. The van der Waals surface area contributed by atoms with Crippen LogP contribution in [0, 0.1) is 5.92 Å². The molecule has 0 saturated heterocycles. The summed E-state index contributed by atoms with van der Waals surface area (Å²) >= 11 is 0. The van der Waals surface area contributed by atoms with Gasteiger partial charge in [-0.2, -0.15) is 0 Å². The molecular formula is C18H29NO. The first-order valence-electron chi connectivity index (χ1n) is 8.21. The van der Waals surface area contributed by atoms with Crippen molar-refractivity contribution in [3.05, 3.63) is 29.8 Å². The van der Waals surface area contributed by atoms with E-state index >= 15 is 0 Å². The Balaban J connectivity index is 2.09. The number of methoxy groups -OCH3 is 1. The second-order valence-corrected chi connectivity index (χ2v) is 5.95. The van der Waals surface area contributed by atoms with Crippen LogP contribution in [0.2, 0.25) is 0 Å². The molecule has 1 saturated carbocycles. The molecular weight excluding hydrogens is 246 g/mol. The van der Waals surface area contributed by atoms with Crippen molar-refractivity contribution in [2.75, 3.05) is 13.7 Å². The number of hydrogen-bond donors (Lipinski definition) is 1. The van der Waals surface area contributed by atoms with Gasteiger partial charge in [0, 0.05) is 11.6 Å². The first kappa shape index (κ1) is 15.4. The highest BCUT2D eigenvalue weighted by atomic mass is 16.5. The van der Waals surface area contributed by atoms with E-state index in [-0.39, 0.29) is 0 Å². The van der Waals surface area contributed by atoms with Gasteiger partial charge < -0.3 is 10.1 Å². The van der Waals surface area contributed by atoms with Gasteiger partial charge >= 0.3 is 0 Å². The van der Waals surface area contributed by atoms with Crippen molar-refractivity contribution in [2.24, 2.45) is 5.92 Å². The Morgan fingerprint density at radius 3 is 2.50 bits per heavy atom. The van der Waals surface area contributed by atoms with Crippen molar-refractivity contribution in [2.45, 2.75) is 57.9 Å². The zero-order valence-electron chi connectivity index (χ0n) is 13.0. The second-order valence-electron chi connectivity index (χ2n) is 5.95. The zero-order chi connectivity index (χ0) is 14.2. The molecule has 1 atom stereocenters. The molecule has 0 heterocycles. The van der Waals surface area contributed by atoms with E-state index in [1.54, 1.807) is 7.11 Å². The minimum Gasteiger partial charge on any atom is -0.496 e. The maximum Gasteiger partial charge on any atom is 0.123 e. The summed E-state index contributed by atoms with van der Waals surface area (Å²) in [6.45, 7) is 3.20. The summed E-state index contributed by atoms with van der Waals surface area (Å²) in [7, 11) is 1.77. The number of ether oxygens (including phenoxy) is 1. The van der Waals surface area contributed by atoms with E-state index in [1.165, 1.54) is 50.5 Å². The van der Waals surface area contributed by atoms with E-state index in [9.17, 15) is 0 Å². The first-order chi connectivity index (χ1) is 9.85. The van der Waals surface area contributed by atoms with Gasteiger partial charge in [0.05, 0.1) is 7.11 Å². The lowest BCUT2D eigenvalue weighted by atomic mass is 9.89. The lowest BCUT2D eigenvalue weighted by molar-refractivity contribution is 0.345. The molecule has 1 aliphatic rings. The van der Waals surface area contributed by atoms with Crippen LogP contribution in [0.3, 0.4) is 0 Å². The third kappa shape index (κ3) is 4.24. The SMILES string of the molecule is CCNC(CC1CCCCCC1)c1ccccc1OC. The van der Waals surface area contributed by atoms with E-state index in [2.05, 4.69) is 36.5 Å². The normalized spacial score (nSPS) is 18.5. The monoisotopic (exact) mass is 275 g/mol. The minimum absolute atomic E-state index is 0.430. The fourth-order valence-electron chi connectivity index (χ4n) is 3.45. The van der Waals surface area contributed by atoms with Gasteiger partial charge in [-0.15, -0.1) is 0 Å². The Kier molecular flexibility index (Phi) is 6.38. The van der Waals surface area contributed by atoms with Crippen molar-refractivity contribution in [3.63, 3.8) is 0 Å². The quantitative estimate of drug-likeness (QED) is 0.759. The summed E-state index contributed by atoms with van der Waals surface area (Å²) in [5.41, 5.74) is 1.32. The average Bonchev–Trinajstić information content (AvgIpc) is 2.75. The molecule has 1 N–H and O–H groups in total. The van der Waals surface area contributed by atoms with Gasteiger partial charge in [0.15, 0.2) is 0 Å². The number of para-hydroxylation sites is 1. The standard InChI is InChI=1S/C18H29NO/c1-3-19-17(14-15-10-6-4-5-7-11-15)16-12-8-9-13-18(16)20-2/h8-9,12-13,15,17,19H,3-7,10-11,14H2,1-2H3. The fourth-order valence-corrected chi connectivity index (χ4v) is 3.45. The topological polar surface area (TPSA) is 21.3 Å². The molecule has 1 aromatic rings. The van der Waals surface area contributed by atoms with E-state index in [1.807, 2.05) is 0 Å². The molecule has 1 unspecified atom stereocenters. The highest BCUT2D eigenvalue weighted by Crippen LogP contribution is 2.34. The van der Waals surface area contributed by atoms with Gasteiger partial charge in [0.25, 0.3) is 0 Å². The van der Waals surface area contributed by atoms with Gasteiger partial charge in [-0.3, -0.25) is 0 Å². The molecule has 0 aliphatic heterocycles. The second kappa shape index (κ2) is 8.31. The summed E-state index contributed by atoms with van der Waals surface area (Å²) in [5, 5.41) is 3.66. The van der Waals surface area contributed by atoms with Crippen LogP contribution in [0.25, 0.3) is 0 Å². The molecule has 0 aromatic heterocycles. The zero-order valence-corrected chi connectivity index (χ0v) is 13.0. The van der Waals surface area contributed by atoms with Gasteiger partial charge in [-0.05, 0) is 24.9 Å². The van der Waals surface area contributed by atoms with E-state index in [0.29, 0.717) is 6.04 Å². The fraction of sp³-hybridized carbons (Fsp3) is 0.667. The molecule has 1 aliphatic carbocycles. The molecule has 1 fully saturated rings. The molecule has 0 amide bonds. The average molecular weight is 275 g/mol. The number of hydrogen-bond acceptors (Lipinski definition) is 2. The van der Waals surface area contributed by atoms with Crippen molar-refractivity contribution in [1.82, 2.24) is 5.32 Å². The Bertz CT molecular complexity index is 383. The summed E-state index contributed by atoms with van der Waals surface area (Å²) in [6.07, 6.45) is 9.72. The van der Waals surface area contributed by atoms with Crippen LogP contribution >= 0.6 is 0 Å². The summed E-state index contributed by atoms with van der Waals surface area (Å²) in [6, 6.07) is 8.89. The predicted octanol–water partition coefficient (Wildman–Crippen LogP) is 4.71. The van der Waals surface area contributed by atoms with Crippen molar-refractivity contribution in [1.29, 1.82) is 0 Å². The van der Waals surface area contributed by atoms with Crippen LogP contribution in [-0.2, 0) is 0 Å². The molecule has 0 spiro atoms. The molecule has 1 aromatic carbocycles. The maximum atomic E-state index is 5.55. The minimum atomic E-state index is 0.430. The summed E-state index contributed by atoms with van der Waals surface area (Å²) in [4.78, 5) is 0. The van der Waals surface area contributed by atoms with Crippen LogP contribution in [-0.4, -0.2) is 13.7 Å². The molecule has 0 radical (unpaired) electrons. The Morgan fingerprint density at radius 2 is 1.85 bits per heavy atom. The van der Waals surface area contributed by atoms with Crippen molar-refractivity contribution >= 4 is 0 Å². The smallest absolute Gasteiger partial charge is 0.123 e. The Morgan fingerprint density at radius 1 is 1.15 bits per heavy atom. The highest BCUT2D eigenvalue weighted by Gasteiger charge is 2.21. The van der Waals surface area contributed by atoms with Crippen LogP contribution in [0.1, 0.15) is 63.5 Å². The molecule has 20 heavy (non-hydrogen) atoms. The largest absolute Gasteiger partial charge is 0.496 e. The third-order valence-corrected chi connectivity index (χ3v) is 4.51. The molecule has 2 rings (SSSR count). The third-order valence-electron chi connectivity index (χ3n) is 4.51. The first-order valence-corrected chi connectivity index (χ1v) is 8.21. The highest BCUT2D eigenvalue weighted by molar-refractivity contribution is 5.35. The number of rotatable bonds is 6. The van der Waals surface area contributed by atoms with Crippen molar-refractivity contribution in [3.8, 4) is 5.75 Å². The molecule has 0 bridgehead atoms.